The molecule has 7 heteroatoms. The minimum atomic E-state index is -0.469. The monoisotopic (exact) mass is 265 g/mol. The molecule has 0 N–H and O–H groups in total. The zero-order valence-electron chi connectivity index (χ0n) is 10.6. The van der Waals surface area contributed by atoms with E-state index in [1.807, 2.05) is 4.90 Å². The van der Waals surface area contributed by atoms with E-state index in [9.17, 15) is 14.9 Å². The summed E-state index contributed by atoms with van der Waals surface area (Å²) in [5.74, 6) is 0.457. The molecule has 7 nitrogen and oxygen atoms in total. The molecule has 1 aliphatic heterocycles. The molecule has 0 unspecified atom stereocenters. The highest BCUT2D eigenvalue weighted by Gasteiger charge is 2.22. The average Bonchev–Trinajstić information content (AvgIpc) is 2.39. The Morgan fingerprint density at radius 1 is 1.47 bits per heavy atom. The van der Waals surface area contributed by atoms with Crippen LogP contribution in [-0.2, 0) is 9.53 Å². The molecule has 0 radical (unpaired) electrons. The van der Waals surface area contributed by atoms with Gasteiger partial charge in [0.05, 0.1) is 4.92 Å². The van der Waals surface area contributed by atoms with Gasteiger partial charge in [-0.2, -0.15) is 0 Å². The summed E-state index contributed by atoms with van der Waals surface area (Å²) >= 11 is 0. The highest BCUT2D eigenvalue weighted by Crippen LogP contribution is 2.21. The third kappa shape index (κ3) is 3.40. The second-order valence-corrected chi connectivity index (χ2v) is 4.43. The topological polar surface area (TPSA) is 85.6 Å². The maximum absolute atomic E-state index is 10.9. The van der Waals surface area contributed by atoms with Gasteiger partial charge in [-0.25, -0.2) is 4.98 Å². The second-order valence-electron chi connectivity index (χ2n) is 4.43. The van der Waals surface area contributed by atoms with Crippen LogP contribution in [0.1, 0.15) is 19.8 Å². The fourth-order valence-corrected chi connectivity index (χ4v) is 2.11. The van der Waals surface area contributed by atoms with Gasteiger partial charge in [0, 0.05) is 38.9 Å². The molecule has 1 aliphatic rings. The van der Waals surface area contributed by atoms with Crippen LogP contribution in [0.25, 0.3) is 0 Å². The number of carbonyl (C=O) groups is 1. The average molecular weight is 265 g/mol. The molecule has 1 aromatic heterocycles. The lowest BCUT2D eigenvalue weighted by Crippen LogP contribution is -2.38. The van der Waals surface area contributed by atoms with Crippen molar-refractivity contribution in [3.05, 3.63) is 28.4 Å². The predicted octanol–water partition coefficient (Wildman–Crippen LogP) is 1.52. The molecule has 0 amide bonds. The third-order valence-electron chi connectivity index (χ3n) is 3.04. The first kappa shape index (κ1) is 13.3. The van der Waals surface area contributed by atoms with E-state index in [1.165, 1.54) is 19.2 Å². The van der Waals surface area contributed by atoms with Crippen LogP contribution >= 0.6 is 0 Å². The van der Waals surface area contributed by atoms with Gasteiger partial charge in [0.1, 0.15) is 18.1 Å². The highest BCUT2D eigenvalue weighted by atomic mass is 16.6. The van der Waals surface area contributed by atoms with Crippen molar-refractivity contribution in [1.82, 2.24) is 4.98 Å². The largest absolute Gasteiger partial charge is 0.462 e. The van der Waals surface area contributed by atoms with Gasteiger partial charge in [-0.05, 0) is 6.07 Å². The minimum Gasteiger partial charge on any atom is -0.462 e. The van der Waals surface area contributed by atoms with Crippen molar-refractivity contribution in [3.8, 4) is 0 Å². The Hall–Kier alpha value is -2.18. The number of nitrogens with zero attached hydrogens (tertiary/aromatic N) is 3. The lowest BCUT2D eigenvalue weighted by Gasteiger charge is -2.32. The maximum Gasteiger partial charge on any atom is 0.302 e. The van der Waals surface area contributed by atoms with E-state index in [2.05, 4.69) is 4.98 Å². The number of esters is 1. The molecule has 19 heavy (non-hydrogen) atoms. The highest BCUT2D eigenvalue weighted by molar-refractivity contribution is 5.66. The zero-order chi connectivity index (χ0) is 13.8. The predicted molar refractivity (Wildman–Crippen MR) is 67.9 cm³/mol. The van der Waals surface area contributed by atoms with E-state index < -0.39 is 4.92 Å². The normalized spacial score (nSPS) is 16.2. The summed E-state index contributed by atoms with van der Waals surface area (Å²) in [6.07, 6.45) is 2.72. The first-order valence-corrected chi connectivity index (χ1v) is 6.09. The molecule has 0 atom stereocenters. The van der Waals surface area contributed by atoms with Gasteiger partial charge in [-0.15, -0.1) is 0 Å². The minimum absolute atomic E-state index is 0.0152. The molecular weight excluding hydrogens is 250 g/mol. The van der Waals surface area contributed by atoms with Crippen molar-refractivity contribution >= 4 is 17.5 Å². The van der Waals surface area contributed by atoms with Crippen LogP contribution in [0.2, 0.25) is 0 Å². The van der Waals surface area contributed by atoms with Crippen molar-refractivity contribution < 1.29 is 14.5 Å². The van der Waals surface area contributed by atoms with E-state index in [0.717, 1.165) is 25.9 Å². The number of hydrogen-bond acceptors (Lipinski definition) is 6. The number of pyridine rings is 1. The summed E-state index contributed by atoms with van der Waals surface area (Å²) < 4.78 is 5.15. The quantitative estimate of drug-likeness (QED) is 0.468. The van der Waals surface area contributed by atoms with E-state index in [0.29, 0.717) is 5.82 Å². The van der Waals surface area contributed by atoms with Crippen molar-refractivity contribution in [3.63, 3.8) is 0 Å². The number of carbonyl (C=O) groups excluding carboxylic acids is 1. The number of nitro groups is 1. The van der Waals surface area contributed by atoms with Gasteiger partial charge in [0.15, 0.2) is 0 Å². The smallest absolute Gasteiger partial charge is 0.302 e. The van der Waals surface area contributed by atoms with Crippen molar-refractivity contribution in [2.24, 2.45) is 0 Å². The molecule has 0 bridgehead atoms. The molecule has 1 aromatic rings. The van der Waals surface area contributed by atoms with Gasteiger partial charge in [0.2, 0.25) is 0 Å². The number of rotatable bonds is 3. The summed E-state index contributed by atoms with van der Waals surface area (Å²) in [7, 11) is 0. The van der Waals surface area contributed by atoms with E-state index in [-0.39, 0.29) is 17.8 Å². The van der Waals surface area contributed by atoms with Crippen molar-refractivity contribution in [1.29, 1.82) is 0 Å². The fourth-order valence-electron chi connectivity index (χ4n) is 2.11. The Balaban J connectivity index is 1.94. The van der Waals surface area contributed by atoms with Crippen molar-refractivity contribution in [2.75, 3.05) is 18.0 Å². The van der Waals surface area contributed by atoms with Crippen LogP contribution in [0.5, 0.6) is 0 Å². The summed E-state index contributed by atoms with van der Waals surface area (Å²) in [6.45, 7) is 2.86. The Morgan fingerprint density at radius 3 is 2.63 bits per heavy atom. The number of ether oxygens (including phenoxy) is 1. The van der Waals surface area contributed by atoms with Gasteiger partial charge in [-0.1, -0.05) is 0 Å². The fraction of sp³-hybridized carbons (Fsp3) is 0.500. The van der Waals surface area contributed by atoms with Gasteiger partial charge >= 0.3 is 5.97 Å². The lowest BCUT2D eigenvalue weighted by molar-refractivity contribution is -0.385. The molecule has 0 aromatic carbocycles. The first-order valence-electron chi connectivity index (χ1n) is 6.09. The van der Waals surface area contributed by atoms with E-state index >= 15 is 0 Å². The first-order chi connectivity index (χ1) is 9.06. The third-order valence-corrected chi connectivity index (χ3v) is 3.04. The van der Waals surface area contributed by atoms with E-state index in [4.69, 9.17) is 4.74 Å². The number of aromatic nitrogens is 1. The molecule has 0 aliphatic carbocycles. The van der Waals surface area contributed by atoms with Crippen LogP contribution in [0, 0.1) is 10.1 Å². The molecule has 0 saturated carbocycles. The Kier molecular flexibility index (Phi) is 3.94. The lowest BCUT2D eigenvalue weighted by atomic mass is 10.1. The summed E-state index contributed by atoms with van der Waals surface area (Å²) in [6, 6.07) is 3.09. The summed E-state index contributed by atoms with van der Waals surface area (Å²) in [5, 5.41) is 10.5. The summed E-state index contributed by atoms with van der Waals surface area (Å²) in [5.41, 5.74) is -0.0152. The molecule has 1 fully saturated rings. The molecule has 1 saturated heterocycles. The molecule has 0 spiro atoms. The molecule has 2 rings (SSSR count). The molecule has 2 heterocycles. The number of hydrogen-bond donors (Lipinski definition) is 0. The summed E-state index contributed by atoms with van der Waals surface area (Å²) in [4.78, 5) is 27.0. The Bertz CT molecular complexity index is 466. The Morgan fingerprint density at radius 2 is 2.16 bits per heavy atom. The second kappa shape index (κ2) is 5.64. The van der Waals surface area contributed by atoms with Gasteiger partial charge in [0.25, 0.3) is 5.69 Å². The molecule has 102 valence electrons. The maximum atomic E-state index is 10.9. The van der Waals surface area contributed by atoms with Crippen LogP contribution in [0.4, 0.5) is 11.5 Å². The SMILES string of the molecule is CC(=O)OC1CCN(c2ccc([N+](=O)[O-])cn2)CC1. The van der Waals surface area contributed by atoms with Gasteiger partial charge < -0.3 is 9.64 Å². The zero-order valence-corrected chi connectivity index (χ0v) is 10.6. The number of piperidine rings is 1. The number of anilines is 1. The van der Waals surface area contributed by atoms with Crippen LogP contribution in [0.15, 0.2) is 18.3 Å². The van der Waals surface area contributed by atoms with E-state index in [1.54, 1.807) is 6.07 Å². The molecular formula is C12H15N3O4. The standard InChI is InChI=1S/C12H15N3O4/c1-9(16)19-11-4-6-14(7-5-11)12-3-2-10(8-13-12)15(17)18/h2-3,8,11H,4-7H2,1H3. The van der Waals surface area contributed by atoms with Crippen molar-refractivity contribution in [2.45, 2.75) is 25.9 Å². The van der Waals surface area contributed by atoms with Crippen LogP contribution < -0.4 is 4.90 Å². The Labute approximate surface area is 110 Å². The van der Waals surface area contributed by atoms with Crippen LogP contribution in [0.3, 0.4) is 0 Å². The van der Waals surface area contributed by atoms with Crippen LogP contribution in [-0.4, -0.2) is 35.1 Å². The van der Waals surface area contributed by atoms with Gasteiger partial charge in [-0.3, -0.25) is 14.9 Å².